The Balaban J connectivity index is 1.29. The summed E-state index contributed by atoms with van der Waals surface area (Å²) >= 11 is 0. The van der Waals surface area contributed by atoms with E-state index in [2.05, 4.69) is 17.1 Å². The van der Waals surface area contributed by atoms with Gasteiger partial charge in [0, 0.05) is 13.1 Å². The lowest BCUT2D eigenvalue weighted by atomic mass is 9.90. The molecule has 4 rings (SSSR count). The van der Waals surface area contributed by atoms with Gasteiger partial charge >= 0.3 is 0 Å². The van der Waals surface area contributed by atoms with Gasteiger partial charge in [0.05, 0.1) is 24.3 Å². The Hall–Kier alpha value is -3.15. The van der Waals surface area contributed by atoms with E-state index in [1.165, 1.54) is 16.5 Å². The molecule has 2 aromatic carbocycles. The van der Waals surface area contributed by atoms with Crippen molar-refractivity contribution in [3.8, 4) is 5.75 Å². The van der Waals surface area contributed by atoms with Crippen LogP contribution in [0.2, 0.25) is 0 Å². The van der Waals surface area contributed by atoms with Gasteiger partial charge in [-0.05, 0) is 61.4 Å². The van der Waals surface area contributed by atoms with Crippen LogP contribution in [0.1, 0.15) is 24.8 Å². The summed E-state index contributed by atoms with van der Waals surface area (Å²) in [6, 6.07) is 15.5. The van der Waals surface area contributed by atoms with Crippen LogP contribution in [0.5, 0.6) is 5.75 Å². The first kappa shape index (κ1) is 20.1. The number of hydrogen-bond donors (Lipinski definition) is 0. The highest BCUT2D eigenvalue weighted by Gasteiger charge is 2.23. The molecule has 0 spiro atoms. The lowest BCUT2D eigenvalue weighted by Crippen LogP contribution is -2.41. The van der Waals surface area contributed by atoms with Gasteiger partial charge in [0.1, 0.15) is 12.3 Å². The van der Waals surface area contributed by atoms with Gasteiger partial charge in [-0.25, -0.2) is 4.98 Å². The third-order valence-electron chi connectivity index (χ3n) is 6.00. The summed E-state index contributed by atoms with van der Waals surface area (Å²) in [7, 11) is 1.68. The quantitative estimate of drug-likeness (QED) is 0.631. The highest BCUT2D eigenvalue weighted by atomic mass is 16.5. The number of para-hydroxylation sites is 1. The smallest absolute Gasteiger partial charge is 0.261 e. The normalized spacial score (nSPS) is 14.8. The predicted octanol–water partition coefficient (Wildman–Crippen LogP) is 3.28. The largest absolute Gasteiger partial charge is 0.497 e. The van der Waals surface area contributed by atoms with Crippen molar-refractivity contribution >= 4 is 16.8 Å². The number of aryl methyl sites for hydroxylation is 1. The molecule has 0 saturated carbocycles. The van der Waals surface area contributed by atoms with Crippen molar-refractivity contribution in [1.82, 2.24) is 14.5 Å². The summed E-state index contributed by atoms with van der Waals surface area (Å²) in [6.07, 6.45) is 5.66. The Morgan fingerprint density at radius 3 is 2.57 bits per heavy atom. The highest BCUT2D eigenvalue weighted by Crippen LogP contribution is 2.23. The molecule has 30 heavy (non-hydrogen) atoms. The average Bonchev–Trinajstić information content (AvgIpc) is 2.80. The molecular formula is C24H27N3O3. The van der Waals surface area contributed by atoms with Crippen LogP contribution < -0.4 is 10.3 Å². The number of fused-ring (bicyclic) bond motifs is 1. The fraction of sp³-hybridized carbons (Fsp3) is 0.375. The molecule has 3 aromatic rings. The van der Waals surface area contributed by atoms with Gasteiger partial charge in [-0.1, -0.05) is 24.3 Å². The third-order valence-corrected chi connectivity index (χ3v) is 6.00. The van der Waals surface area contributed by atoms with Gasteiger partial charge in [0.2, 0.25) is 5.91 Å². The van der Waals surface area contributed by atoms with Crippen LogP contribution in [0, 0.1) is 5.92 Å². The van der Waals surface area contributed by atoms with Crippen molar-refractivity contribution in [1.29, 1.82) is 0 Å². The molecule has 1 aliphatic rings. The number of likely N-dealkylation sites (tertiary alicyclic amines) is 1. The van der Waals surface area contributed by atoms with Gasteiger partial charge in [-0.2, -0.15) is 0 Å². The number of hydrogen-bond acceptors (Lipinski definition) is 4. The minimum Gasteiger partial charge on any atom is -0.497 e. The molecule has 1 amide bonds. The van der Waals surface area contributed by atoms with Gasteiger partial charge < -0.3 is 9.64 Å². The maximum absolute atomic E-state index is 12.7. The Labute approximate surface area is 176 Å². The molecule has 0 unspecified atom stereocenters. The number of piperidine rings is 1. The van der Waals surface area contributed by atoms with E-state index >= 15 is 0 Å². The Bertz CT molecular complexity index is 1070. The molecule has 2 heterocycles. The van der Waals surface area contributed by atoms with E-state index in [9.17, 15) is 9.59 Å². The van der Waals surface area contributed by atoms with Gasteiger partial charge in [-0.3, -0.25) is 14.2 Å². The maximum Gasteiger partial charge on any atom is 0.261 e. The Kier molecular flexibility index (Phi) is 6.12. The van der Waals surface area contributed by atoms with Crippen LogP contribution in [-0.4, -0.2) is 40.6 Å². The zero-order valence-electron chi connectivity index (χ0n) is 17.3. The molecule has 1 aliphatic heterocycles. The molecule has 0 aliphatic carbocycles. The van der Waals surface area contributed by atoms with E-state index in [0.717, 1.165) is 44.5 Å². The molecule has 156 valence electrons. The van der Waals surface area contributed by atoms with E-state index in [1.807, 2.05) is 29.2 Å². The molecule has 1 saturated heterocycles. The van der Waals surface area contributed by atoms with Crippen molar-refractivity contribution < 1.29 is 9.53 Å². The van der Waals surface area contributed by atoms with Crippen molar-refractivity contribution in [3.05, 3.63) is 70.8 Å². The minimum absolute atomic E-state index is 0.0113. The molecule has 0 radical (unpaired) electrons. The van der Waals surface area contributed by atoms with Crippen molar-refractivity contribution in [2.24, 2.45) is 5.92 Å². The second-order valence-electron chi connectivity index (χ2n) is 7.91. The van der Waals surface area contributed by atoms with Gasteiger partial charge in [0.25, 0.3) is 5.56 Å². The summed E-state index contributed by atoms with van der Waals surface area (Å²) in [5.41, 5.74) is 1.81. The number of carbonyl (C=O) groups excluding carboxylic acids is 1. The average molecular weight is 405 g/mol. The van der Waals surface area contributed by atoms with Crippen LogP contribution in [-0.2, 0) is 17.8 Å². The Morgan fingerprint density at radius 1 is 1.10 bits per heavy atom. The number of amides is 1. The van der Waals surface area contributed by atoms with Crippen LogP contribution in [0.25, 0.3) is 10.9 Å². The maximum atomic E-state index is 12.7. The lowest BCUT2D eigenvalue weighted by Gasteiger charge is -2.32. The van der Waals surface area contributed by atoms with Crippen LogP contribution in [0.3, 0.4) is 0 Å². The molecule has 1 fully saturated rings. The number of carbonyl (C=O) groups is 1. The van der Waals surface area contributed by atoms with Gasteiger partial charge in [-0.15, -0.1) is 0 Å². The standard InChI is InChI=1S/C24H27N3O3/c1-30-20-10-8-18(9-11-20)6-7-19-12-14-26(15-13-19)23(28)16-27-17-25-22-5-3-2-4-21(22)24(27)29/h2-5,8-11,17,19H,6-7,12-16H2,1H3. The van der Waals surface area contributed by atoms with E-state index in [0.29, 0.717) is 16.8 Å². The first-order chi connectivity index (χ1) is 14.6. The molecule has 0 N–H and O–H groups in total. The van der Waals surface area contributed by atoms with Gasteiger partial charge in [0.15, 0.2) is 0 Å². The lowest BCUT2D eigenvalue weighted by molar-refractivity contribution is -0.133. The zero-order chi connectivity index (χ0) is 20.9. The molecule has 0 bridgehead atoms. The van der Waals surface area contributed by atoms with E-state index < -0.39 is 0 Å². The third kappa shape index (κ3) is 4.53. The monoisotopic (exact) mass is 405 g/mol. The summed E-state index contributed by atoms with van der Waals surface area (Å²) in [5.74, 6) is 1.50. The van der Waals surface area contributed by atoms with Crippen molar-refractivity contribution in [3.63, 3.8) is 0 Å². The first-order valence-electron chi connectivity index (χ1n) is 10.5. The Morgan fingerprint density at radius 2 is 1.83 bits per heavy atom. The summed E-state index contributed by atoms with van der Waals surface area (Å²) < 4.78 is 6.62. The second-order valence-corrected chi connectivity index (χ2v) is 7.91. The van der Waals surface area contributed by atoms with E-state index in [1.54, 1.807) is 19.2 Å². The van der Waals surface area contributed by atoms with E-state index in [-0.39, 0.29) is 18.0 Å². The number of benzene rings is 2. The number of ether oxygens (including phenoxy) is 1. The fourth-order valence-corrected chi connectivity index (χ4v) is 4.10. The number of aromatic nitrogens is 2. The second kappa shape index (κ2) is 9.11. The molecule has 1 aromatic heterocycles. The summed E-state index contributed by atoms with van der Waals surface area (Å²) in [4.78, 5) is 31.5. The molecule has 6 nitrogen and oxygen atoms in total. The molecular weight excluding hydrogens is 378 g/mol. The number of methoxy groups -OCH3 is 1. The SMILES string of the molecule is COc1ccc(CCC2CCN(C(=O)Cn3cnc4ccccc4c3=O)CC2)cc1. The minimum atomic E-state index is -0.164. The van der Waals surface area contributed by atoms with Crippen molar-refractivity contribution in [2.45, 2.75) is 32.2 Å². The van der Waals surface area contributed by atoms with Crippen molar-refractivity contribution in [2.75, 3.05) is 20.2 Å². The summed E-state index contributed by atoms with van der Waals surface area (Å²) in [6.45, 7) is 1.55. The molecule has 6 heteroatoms. The van der Waals surface area contributed by atoms with Crippen LogP contribution in [0.4, 0.5) is 0 Å². The topological polar surface area (TPSA) is 64.4 Å². The predicted molar refractivity (Wildman–Crippen MR) is 117 cm³/mol. The van der Waals surface area contributed by atoms with Crippen LogP contribution in [0.15, 0.2) is 59.7 Å². The first-order valence-corrected chi connectivity index (χ1v) is 10.5. The van der Waals surface area contributed by atoms with Crippen LogP contribution >= 0.6 is 0 Å². The molecule has 0 atom stereocenters. The zero-order valence-corrected chi connectivity index (χ0v) is 17.3. The number of nitrogens with zero attached hydrogens (tertiary/aromatic N) is 3. The summed E-state index contributed by atoms with van der Waals surface area (Å²) in [5, 5.41) is 0.546. The van der Waals surface area contributed by atoms with E-state index in [4.69, 9.17) is 4.74 Å². The fourth-order valence-electron chi connectivity index (χ4n) is 4.10. The highest BCUT2D eigenvalue weighted by molar-refractivity contribution is 5.79. The number of rotatable bonds is 6.